The molecule has 0 radical (unpaired) electrons. The number of thiazole rings is 1. The van der Waals surface area contributed by atoms with Crippen molar-refractivity contribution in [2.45, 2.75) is 19.4 Å². The minimum Gasteiger partial charge on any atom is -0.337 e. The standard InChI is InChI=1S/C20H24N4O2S/c25-19(17-15-27-18(21-17)20(26)23-8-4-5-9-23)24-12-10-22(11-13-24)14-16-6-2-1-3-7-16/h1-3,6-7,15H,4-5,8-14H2. The van der Waals surface area contributed by atoms with Gasteiger partial charge in [-0.05, 0) is 18.4 Å². The summed E-state index contributed by atoms with van der Waals surface area (Å²) in [5.74, 6) is -0.102. The molecule has 27 heavy (non-hydrogen) atoms. The Morgan fingerprint density at radius 1 is 0.889 bits per heavy atom. The molecule has 0 N–H and O–H groups in total. The minimum absolute atomic E-state index is 0.0377. The van der Waals surface area contributed by atoms with Gasteiger partial charge in [0.15, 0.2) is 5.01 Å². The third-order valence-electron chi connectivity index (χ3n) is 5.21. The molecule has 0 bridgehead atoms. The summed E-state index contributed by atoms with van der Waals surface area (Å²) in [6.45, 7) is 5.59. The van der Waals surface area contributed by atoms with Gasteiger partial charge in [0.1, 0.15) is 5.69 Å². The molecule has 2 fully saturated rings. The number of carbonyl (C=O) groups excluding carboxylic acids is 2. The van der Waals surface area contributed by atoms with Gasteiger partial charge >= 0.3 is 0 Å². The van der Waals surface area contributed by atoms with Gasteiger partial charge in [0.2, 0.25) is 0 Å². The van der Waals surface area contributed by atoms with Gasteiger partial charge in [0.05, 0.1) is 0 Å². The fraction of sp³-hybridized carbons (Fsp3) is 0.450. The van der Waals surface area contributed by atoms with Gasteiger partial charge < -0.3 is 9.80 Å². The van der Waals surface area contributed by atoms with Crippen LogP contribution in [0.4, 0.5) is 0 Å². The molecule has 1 aromatic heterocycles. The largest absolute Gasteiger partial charge is 0.337 e. The molecule has 2 aliphatic rings. The molecule has 0 spiro atoms. The van der Waals surface area contributed by atoms with Crippen LogP contribution in [0.25, 0.3) is 0 Å². The first-order valence-electron chi connectivity index (χ1n) is 9.51. The summed E-state index contributed by atoms with van der Waals surface area (Å²) in [5.41, 5.74) is 1.70. The van der Waals surface area contributed by atoms with E-state index in [1.54, 1.807) is 5.38 Å². The van der Waals surface area contributed by atoms with Crippen LogP contribution < -0.4 is 0 Å². The zero-order valence-corrected chi connectivity index (χ0v) is 16.2. The van der Waals surface area contributed by atoms with E-state index in [0.29, 0.717) is 23.8 Å². The summed E-state index contributed by atoms with van der Waals surface area (Å²) in [6.07, 6.45) is 2.10. The SMILES string of the molecule is O=C(c1csc(C(=O)N2CCCC2)n1)N1CCN(Cc2ccccc2)CC1. The number of piperazine rings is 1. The Labute approximate surface area is 163 Å². The number of rotatable bonds is 4. The summed E-state index contributed by atoms with van der Waals surface area (Å²) in [7, 11) is 0. The maximum absolute atomic E-state index is 12.7. The van der Waals surface area contributed by atoms with Gasteiger partial charge in [0, 0.05) is 51.2 Å². The lowest BCUT2D eigenvalue weighted by Crippen LogP contribution is -2.48. The van der Waals surface area contributed by atoms with E-state index in [9.17, 15) is 9.59 Å². The Kier molecular flexibility index (Phi) is 5.50. The summed E-state index contributed by atoms with van der Waals surface area (Å²) in [4.78, 5) is 35.5. The molecule has 6 nitrogen and oxygen atoms in total. The van der Waals surface area contributed by atoms with Crippen molar-refractivity contribution in [1.29, 1.82) is 0 Å². The van der Waals surface area contributed by atoms with Crippen LogP contribution in [0.1, 0.15) is 38.7 Å². The lowest BCUT2D eigenvalue weighted by atomic mass is 10.2. The van der Waals surface area contributed by atoms with Crippen molar-refractivity contribution < 1.29 is 9.59 Å². The Hall–Kier alpha value is -2.25. The minimum atomic E-state index is -0.0638. The molecule has 0 aliphatic carbocycles. The molecular formula is C20H24N4O2S. The molecule has 2 saturated heterocycles. The van der Waals surface area contributed by atoms with E-state index in [2.05, 4.69) is 34.1 Å². The van der Waals surface area contributed by atoms with Crippen LogP contribution in [-0.4, -0.2) is 70.8 Å². The number of benzene rings is 1. The highest BCUT2D eigenvalue weighted by Gasteiger charge is 2.27. The predicted molar refractivity (Wildman–Crippen MR) is 105 cm³/mol. The van der Waals surface area contributed by atoms with Gasteiger partial charge in [-0.25, -0.2) is 4.98 Å². The quantitative estimate of drug-likeness (QED) is 0.812. The topological polar surface area (TPSA) is 56.8 Å². The molecule has 7 heteroatoms. The molecule has 142 valence electrons. The van der Waals surface area contributed by atoms with Crippen molar-refractivity contribution in [2.24, 2.45) is 0 Å². The monoisotopic (exact) mass is 384 g/mol. The number of hydrogen-bond acceptors (Lipinski definition) is 5. The van der Waals surface area contributed by atoms with Gasteiger partial charge in [-0.2, -0.15) is 0 Å². The van der Waals surface area contributed by atoms with E-state index in [1.807, 2.05) is 15.9 Å². The number of carbonyl (C=O) groups is 2. The molecule has 2 aliphatic heterocycles. The van der Waals surface area contributed by atoms with Crippen LogP contribution in [0.2, 0.25) is 0 Å². The molecule has 0 saturated carbocycles. The third kappa shape index (κ3) is 4.20. The highest BCUT2D eigenvalue weighted by Crippen LogP contribution is 2.18. The Morgan fingerprint density at radius 3 is 2.26 bits per heavy atom. The van der Waals surface area contributed by atoms with Crippen molar-refractivity contribution in [1.82, 2.24) is 19.7 Å². The van der Waals surface area contributed by atoms with Crippen molar-refractivity contribution in [2.75, 3.05) is 39.3 Å². The van der Waals surface area contributed by atoms with Crippen LogP contribution in [-0.2, 0) is 6.54 Å². The Balaban J connectivity index is 1.32. The second-order valence-electron chi connectivity index (χ2n) is 7.09. The molecule has 1 aromatic carbocycles. The predicted octanol–water partition coefficient (Wildman–Crippen LogP) is 2.34. The lowest BCUT2D eigenvalue weighted by molar-refractivity contribution is 0.0623. The molecule has 2 amide bonds. The molecule has 4 rings (SSSR count). The first-order chi connectivity index (χ1) is 13.2. The highest BCUT2D eigenvalue weighted by atomic mass is 32.1. The molecule has 3 heterocycles. The van der Waals surface area contributed by atoms with Crippen molar-refractivity contribution in [3.8, 4) is 0 Å². The summed E-state index contributed by atoms with van der Waals surface area (Å²) >= 11 is 1.28. The number of hydrogen-bond donors (Lipinski definition) is 0. The molecule has 0 atom stereocenters. The van der Waals surface area contributed by atoms with E-state index in [1.165, 1.54) is 16.9 Å². The first-order valence-corrected chi connectivity index (χ1v) is 10.4. The second kappa shape index (κ2) is 8.19. The van der Waals surface area contributed by atoms with Gasteiger partial charge in [0.25, 0.3) is 11.8 Å². The van der Waals surface area contributed by atoms with Gasteiger partial charge in [-0.3, -0.25) is 14.5 Å². The first kappa shape index (κ1) is 18.1. The lowest BCUT2D eigenvalue weighted by Gasteiger charge is -2.34. The van der Waals surface area contributed by atoms with Gasteiger partial charge in [-0.15, -0.1) is 11.3 Å². The summed E-state index contributed by atoms with van der Waals surface area (Å²) < 4.78 is 0. The van der Waals surface area contributed by atoms with E-state index in [4.69, 9.17) is 0 Å². The second-order valence-corrected chi connectivity index (χ2v) is 7.95. The Morgan fingerprint density at radius 2 is 1.56 bits per heavy atom. The molecule has 0 unspecified atom stereocenters. The highest BCUT2D eigenvalue weighted by molar-refractivity contribution is 7.11. The number of amides is 2. The normalized spacial score (nSPS) is 18.1. The smallest absolute Gasteiger partial charge is 0.282 e. The molecule has 2 aromatic rings. The maximum Gasteiger partial charge on any atom is 0.282 e. The van der Waals surface area contributed by atoms with E-state index in [0.717, 1.165) is 45.6 Å². The fourth-order valence-corrected chi connectivity index (χ4v) is 4.40. The number of aromatic nitrogens is 1. The van der Waals surface area contributed by atoms with E-state index in [-0.39, 0.29) is 11.8 Å². The van der Waals surface area contributed by atoms with E-state index < -0.39 is 0 Å². The fourth-order valence-electron chi connectivity index (χ4n) is 3.64. The van der Waals surface area contributed by atoms with Crippen molar-refractivity contribution in [3.05, 3.63) is 52.0 Å². The zero-order valence-electron chi connectivity index (χ0n) is 15.3. The third-order valence-corrected chi connectivity index (χ3v) is 6.04. The average molecular weight is 385 g/mol. The zero-order chi connectivity index (χ0) is 18.6. The van der Waals surface area contributed by atoms with Gasteiger partial charge in [-0.1, -0.05) is 30.3 Å². The average Bonchev–Trinajstić information content (AvgIpc) is 3.41. The van der Waals surface area contributed by atoms with Crippen LogP contribution in [0.5, 0.6) is 0 Å². The summed E-state index contributed by atoms with van der Waals surface area (Å²) in [6, 6.07) is 10.4. The van der Waals surface area contributed by atoms with E-state index >= 15 is 0 Å². The molecular weight excluding hydrogens is 360 g/mol. The van der Waals surface area contributed by atoms with Crippen LogP contribution >= 0.6 is 11.3 Å². The van der Waals surface area contributed by atoms with Crippen molar-refractivity contribution >= 4 is 23.2 Å². The summed E-state index contributed by atoms with van der Waals surface area (Å²) in [5, 5.41) is 2.16. The van der Waals surface area contributed by atoms with Crippen LogP contribution in [0.3, 0.4) is 0 Å². The maximum atomic E-state index is 12.7. The Bertz CT molecular complexity index is 793. The van der Waals surface area contributed by atoms with Crippen LogP contribution in [0, 0.1) is 0 Å². The number of nitrogens with zero attached hydrogens (tertiary/aromatic N) is 4. The number of likely N-dealkylation sites (tertiary alicyclic amines) is 1. The van der Waals surface area contributed by atoms with Crippen molar-refractivity contribution in [3.63, 3.8) is 0 Å². The van der Waals surface area contributed by atoms with Crippen LogP contribution in [0.15, 0.2) is 35.7 Å².